The molecule has 66 valence electrons. The van der Waals surface area contributed by atoms with Crippen molar-refractivity contribution in [3.8, 4) is 0 Å². The smallest absolute Gasteiger partial charge is 0.0373 e. The molecule has 1 unspecified atom stereocenters. The minimum absolute atomic E-state index is 0.604. The first-order valence-corrected chi connectivity index (χ1v) is 4.53. The average Bonchev–Trinajstić information content (AvgIpc) is 2.07. The summed E-state index contributed by atoms with van der Waals surface area (Å²) in [5.41, 5.74) is 1.16. The molecule has 1 heteroatoms. The Bertz CT molecular complexity index is 213. The summed E-state index contributed by atoms with van der Waals surface area (Å²) in [5.74, 6) is 1.30. The van der Waals surface area contributed by atoms with Crippen LogP contribution in [0.3, 0.4) is 0 Å². The Kier molecular flexibility index (Phi) is 3.27. The lowest BCUT2D eigenvalue weighted by Crippen LogP contribution is -2.17. The van der Waals surface area contributed by atoms with Crippen molar-refractivity contribution in [1.82, 2.24) is 0 Å². The predicted octanol–water partition coefficient (Wildman–Crippen LogP) is 2.85. The summed E-state index contributed by atoms with van der Waals surface area (Å²) in [5, 5.41) is 0. The molecule has 0 saturated carbocycles. The first-order valence-electron chi connectivity index (χ1n) is 4.53. The lowest BCUT2D eigenvalue weighted by Gasteiger charge is -2.21. The molecule has 0 aliphatic heterocycles. The van der Waals surface area contributed by atoms with E-state index in [-0.39, 0.29) is 0 Å². The Morgan fingerprint density at radius 3 is 2.92 bits per heavy atom. The van der Waals surface area contributed by atoms with E-state index in [2.05, 4.69) is 30.6 Å². The summed E-state index contributed by atoms with van der Waals surface area (Å²) in [7, 11) is 1.85. The van der Waals surface area contributed by atoms with Gasteiger partial charge in [0.05, 0.1) is 0 Å². The fourth-order valence-electron chi connectivity index (χ4n) is 1.78. The molecule has 0 aromatic rings. The van der Waals surface area contributed by atoms with Gasteiger partial charge in [-0.2, -0.15) is 0 Å². The van der Waals surface area contributed by atoms with Crippen molar-refractivity contribution in [3.05, 3.63) is 24.8 Å². The zero-order valence-electron chi connectivity index (χ0n) is 7.96. The second-order valence-corrected chi connectivity index (χ2v) is 3.43. The van der Waals surface area contributed by atoms with E-state index < -0.39 is 0 Å². The van der Waals surface area contributed by atoms with Crippen LogP contribution in [-0.2, 0) is 0 Å². The highest BCUT2D eigenvalue weighted by atomic mass is 14.7. The summed E-state index contributed by atoms with van der Waals surface area (Å²) in [4.78, 5) is 4.23. The number of nitrogens with zero attached hydrogens (tertiary/aromatic N) is 1. The number of aliphatic imine (C=N–C) groups is 1. The minimum atomic E-state index is 0.604. The third kappa shape index (κ3) is 2.07. The van der Waals surface area contributed by atoms with Crippen LogP contribution < -0.4 is 0 Å². The SMILES string of the molecule is C=CC(=NC)C1CC=C[C@@H](C)C1. The van der Waals surface area contributed by atoms with Crippen LogP contribution in [0.4, 0.5) is 0 Å². The highest BCUT2D eigenvalue weighted by Gasteiger charge is 2.17. The molecular formula is C11H17N. The van der Waals surface area contributed by atoms with Gasteiger partial charge in [-0.15, -0.1) is 0 Å². The van der Waals surface area contributed by atoms with Crippen LogP contribution in [0.25, 0.3) is 0 Å². The predicted molar refractivity (Wildman–Crippen MR) is 54.6 cm³/mol. The number of rotatable bonds is 2. The largest absolute Gasteiger partial charge is 0.293 e. The van der Waals surface area contributed by atoms with Gasteiger partial charge in [-0.1, -0.05) is 25.7 Å². The number of hydrogen-bond acceptors (Lipinski definition) is 1. The van der Waals surface area contributed by atoms with Gasteiger partial charge < -0.3 is 0 Å². The normalized spacial score (nSPS) is 30.3. The van der Waals surface area contributed by atoms with Gasteiger partial charge in [-0.05, 0) is 24.8 Å². The topological polar surface area (TPSA) is 12.4 Å². The zero-order valence-corrected chi connectivity index (χ0v) is 7.96. The summed E-state index contributed by atoms with van der Waals surface area (Å²) < 4.78 is 0. The summed E-state index contributed by atoms with van der Waals surface area (Å²) in [6, 6.07) is 0. The van der Waals surface area contributed by atoms with E-state index in [0.29, 0.717) is 11.8 Å². The van der Waals surface area contributed by atoms with Gasteiger partial charge in [0.1, 0.15) is 0 Å². The molecule has 2 atom stereocenters. The Morgan fingerprint density at radius 1 is 1.67 bits per heavy atom. The van der Waals surface area contributed by atoms with Crippen LogP contribution in [0.1, 0.15) is 19.8 Å². The van der Waals surface area contributed by atoms with E-state index in [9.17, 15) is 0 Å². The maximum absolute atomic E-state index is 4.23. The van der Waals surface area contributed by atoms with E-state index >= 15 is 0 Å². The first-order chi connectivity index (χ1) is 5.77. The molecule has 0 fully saturated rings. The van der Waals surface area contributed by atoms with Crippen LogP contribution in [0.5, 0.6) is 0 Å². The molecule has 0 aromatic heterocycles. The molecule has 1 nitrogen and oxygen atoms in total. The van der Waals surface area contributed by atoms with Gasteiger partial charge >= 0.3 is 0 Å². The van der Waals surface area contributed by atoms with Crippen molar-refractivity contribution in [2.75, 3.05) is 7.05 Å². The van der Waals surface area contributed by atoms with Crippen molar-refractivity contribution in [2.24, 2.45) is 16.8 Å². The summed E-state index contributed by atoms with van der Waals surface area (Å²) >= 11 is 0. The van der Waals surface area contributed by atoms with Gasteiger partial charge in [0.25, 0.3) is 0 Å². The molecule has 0 heterocycles. The Balaban J connectivity index is 2.65. The third-order valence-electron chi connectivity index (χ3n) is 2.43. The zero-order chi connectivity index (χ0) is 8.97. The van der Waals surface area contributed by atoms with Crippen LogP contribution in [0.15, 0.2) is 29.8 Å². The van der Waals surface area contributed by atoms with Gasteiger partial charge in [-0.25, -0.2) is 0 Å². The van der Waals surface area contributed by atoms with Crippen molar-refractivity contribution >= 4 is 5.71 Å². The van der Waals surface area contributed by atoms with Crippen LogP contribution in [-0.4, -0.2) is 12.8 Å². The monoisotopic (exact) mass is 163 g/mol. The maximum atomic E-state index is 4.23. The number of allylic oxidation sites excluding steroid dienone is 3. The molecular weight excluding hydrogens is 146 g/mol. The van der Waals surface area contributed by atoms with E-state index in [0.717, 1.165) is 12.1 Å². The second-order valence-electron chi connectivity index (χ2n) is 3.43. The summed E-state index contributed by atoms with van der Waals surface area (Å²) in [6.07, 6.45) is 8.77. The van der Waals surface area contributed by atoms with Crippen molar-refractivity contribution in [3.63, 3.8) is 0 Å². The van der Waals surface area contributed by atoms with Crippen LogP contribution >= 0.6 is 0 Å². The van der Waals surface area contributed by atoms with E-state index in [1.54, 1.807) is 0 Å². The Morgan fingerprint density at radius 2 is 2.42 bits per heavy atom. The van der Waals surface area contributed by atoms with Gasteiger partial charge in [-0.3, -0.25) is 4.99 Å². The molecule has 1 rings (SSSR count). The molecule has 0 aromatic carbocycles. The van der Waals surface area contributed by atoms with Gasteiger partial charge in [0.2, 0.25) is 0 Å². The quantitative estimate of drug-likeness (QED) is 0.438. The standard InChI is InChI=1S/C11H17N/c1-4-11(12-3)10-7-5-6-9(2)8-10/h4-6,9-10H,1,7-8H2,2-3H3/t9-,10?/m1/s1. The highest BCUT2D eigenvalue weighted by Crippen LogP contribution is 2.24. The van der Waals surface area contributed by atoms with E-state index in [4.69, 9.17) is 0 Å². The average molecular weight is 163 g/mol. The molecule has 0 radical (unpaired) electrons. The molecule has 12 heavy (non-hydrogen) atoms. The lowest BCUT2D eigenvalue weighted by atomic mass is 9.84. The van der Waals surface area contributed by atoms with Gasteiger partial charge in [0.15, 0.2) is 0 Å². The Hall–Kier alpha value is -0.850. The van der Waals surface area contributed by atoms with E-state index in [1.807, 2.05) is 13.1 Å². The second kappa shape index (κ2) is 4.24. The van der Waals surface area contributed by atoms with Crippen molar-refractivity contribution in [1.29, 1.82) is 0 Å². The summed E-state index contributed by atoms with van der Waals surface area (Å²) in [6.45, 7) is 6.03. The molecule has 0 N–H and O–H groups in total. The van der Waals surface area contributed by atoms with Crippen LogP contribution in [0.2, 0.25) is 0 Å². The number of hydrogen-bond donors (Lipinski definition) is 0. The maximum Gasteiger partial charge on any atom is 0.0373 e. The molecule has 0 spiro atoms. The highest BCUT2D eigenvalue weighted by molar-refractivity contribution is 5.96. The molecule has 0 bridgehead atoms. The fourth-order valence-corrected chi connectivity index (χ4v) is 1.78. The molecule has 0 amide bonds. The molecule has 0 saturated heterocycles. The molecule has 1 aliphatic carbocycles. The minimum Gasteiger partial charge on any atom is -0.293 e. The van der Waals surface area contributed by atoms with Crippen LogP contribution in [0, 0.1) is 11.8 Å². The first kappa shape index (κ1) is 9.24. The van der Waals surface area contributed by atoms with Gasteiger partial charge in [0, 0.05) is 18.7 Å². The van der Waals surface area contributed by atoms with Crippen molar-refractivity contribution in [2.45, 2.75) is 19.8 Å². The fraction of sp³-hybridized carbons (Fsp3) is 0.545. The third-order valence-corrected chi connectivity index (χ3v) is 2.43. The Labute approximate surface area is 74.9 Å². The van der Waals surface area contributed by atoms with E-state index in [1.165, 1.54) is 6.42 Å². The van der Waals surface area contributed by atoms with Crippen molar-refractivity contribution < 1.29 is 0 Å². The molecule has 1 aliphatic rings. The lowest BCUT2D eigenvalue weighted by molar-refractivity contribution is 0.513.